The average Bonchev–Trinajstić information content (AvgIpc) is 3.00. The quantitative estimate of drug-likeness (QED) is 0.763. The first-order valence-electron chi connectivity index (χ1n) is 7.33. The van der Waals surface area contributed by atoms with Gasteiger partial charge in [0, 0.05) is 29.9 Å². The number of sulfonamides is 1. The van der Waals surface area contributed by atoms with Gasteiger partial charge in [0.2, 0.25) is 0 Å². The minimum atomic E-state index is -3.71. The van der Waals surface area contributed by atoms with Crippen LogP contribution in [0.3, 0.4) is 0 Å². The minimum absolute atomic E-state index is 0.0783. The fourth-order valence-electron chi connectivity index (χ4n) is 2.08. The van der Waals surface area contributed by atoms with Crippen molar-refractivity contribution in [1.82, 2.24) is 4.57 Å². The number of carbonyl (C=O) groups excluding carboxylic acids is 1. The third-order valence-electron chi connectivity index (χ3n) is 3.39. The van der Waals surface area contributed by atoms with E-state index in [4.69, 9.17) is 0 Å². The first kappa shape index (κ1) is 17.1. The van der Waals surface area contributed by atoms with Gasteiger partial charge in [-0.05, 0) is 36.4 Å². The van der Waals surface area contributed by atoms with E-state index in [0.29, 0.717) is 16.1 Å². The Labute approximate surface area is 149 Å². The largest absolute Gasteiger partial charge is 0.327 e. The van der Waals surface area contributed by atoms with Crippen molar-refractivity contribution in [2.75, 3.05) is 4.72 Å². The predicted molar refractivity (Wildman–Crippen MR) is 96.9 cm³/mol. The number of nitrogens with zero attached hydrogens (tertiary/aromatic N) is 2. The molecule has 1 amide bonds. The van der Waals surface area contributed by atoms with Gasteiger partial charge in [-0.1, -0.05) is 18.2 Å². The number of hydrogen-bond donors (Lipinski definition) is 1. The van der Waals surface area contributed by atoms with Crippen molar-refractivity contribution in [1.29, 1.82) is 0 Å². The summed E-state index contributed by atoms with van der Waals surface area (Å²) < 4.78 is 29.0. The molecule has 0 saturated carbocycles. The van der Waals surface area contributed by atoms with E-state index in [-0.39, 0.29) is 4.90 Å². The molecule has 0 bridgehead atoms. The van der Waals surface area contributed by atoms with Gasteiger partial charge >= 0.3 is 0 Å². The fraction of sp³-hybridized carbons (Fsp3) is 0.0588. The summed E-state index contributed by atoms with van der Waals surface area (Å²) in [7, 11) is -1.91. The molecule has 6 nitrogen and oxygen atoms in total. The Morgan fingerprint density at radius 3 is 2.36 bits per heavy atom. The van der Waals surface area contributed by atoms with Crippen LogP contribution >= 0.6 is 11.3 Å². The number of nitrogens with one attached hydrogen (secondary N) is 1. The monoisotopic (exact) mass is 373 g/mol. The first-order chi connectivity index (χ1) is 12.0. The Hall–Kier alpha value is -2.71. The molecule has 0 radical (unpaired) electrons. The summed E-state index contributed by atoms with van der Waals surface area (Å²) in [6.07, 6.45) is 1.81. The van der Waals surface area contributed by atoms with Crippen LogP contribution in [-0.2, 0) is 17.1 Å². The van der Waals surface area contributed by atoms with Crippen LogP contribution in [0, 0.1) is 0 Å². The van der Waals surface area contributed by atoms with Gasteiger partial charge in [0.25, 0.3) is 15.9 Å². The highest BCUT2D eigenvalue weighted by atomic mass is 32.2. The van der Waals surface area contributed by atoms with Crippen molar-refractivity contribution in [3.63, 3.8) is 0 Å². The summed E-state index contributed by atoms with van der Waals surface area (Å²) in [6.45, 7) is 0. The predicted octanol–water partition coefficient (Wildman–Crippen LogP) is 2.63. The van der Waals surface area contributed by atoms with E-state index in [2.05, 4.69) is 9.71 Å². The molecule has 0 aliphatic rings. The third kappa shape index (κ3) is 4.04. The summed E-state index contributed by atoms with van der Waals surface area (Å²) >= 11 is 1.35. The maximum absolute atomic E-state index is 12.4. The van der Waals surface area contributed by atoms with Gasteiger partial charge in [0.05, 0.1) is 4.90 Å². The molecule has 0 spiro atoms. The van der Waals surface area contributed by atoms with E-state index in [1.54, 1.807) is 41.9 Å². The summed E-state index contributed by atoms with van der Waals surface area (Å²) in [5, 5.41) is 1.83. The van der Waals surface area contributed by atoms with E-state index < -0.39 is 15.9 Å². The lowest BCUT2D eigenvalue weighted by Gasteiger charge is -2.08. The highest BCUT2D eigenvalue weighted by molar-refractivity contribution is 7.92. The summed E-state index contributed by atoms with van der Waals surface area (Å²) in [6, 6.07) is 14.3. The highest BCUT2D eigenvalue weighted by Gasteiger charge is 2.15. The Morgan fingerprint density at radius 2 is 1.76 bits per heavy atom. The number of aromatic nitrogens is 1. The molecule has 0 atom stereocenters. The summed E-state index contributed by atoms with van der Waals surface area (Å²) in [4.78, 5) is 16.9. The molecule has 2 aromatic carbocycles. The van der Waals surface area contributed by atoms with Crippen LogP contribution in [0.15, 0.2) is 76.1 Å². The zero-order valence-electron chi connectivity index (χ0n) is 13.3. The van der Waals surface area contributed by atoms with E-state index in [1.807, 2.05) is 11.6 Å². The molecule has 1 N–H and O–H groups in total. The van der Waals surface area contributed by atoms with Gasteiger partial charge in [-0.2, -0.15) is 4.99 Å². The second-order valence-electron chi connectivity index (χ2n) is 5.21. The molecule has 1 aromatic heterocycles. The number of rotatable bonds is 4. The maximum atomic E-state index is 12.4. The molecule has 25 heavy (non-hydrogen) atoms. The number of thiazole rings is 1. The van der Waals surface area contributed by atoms with Crippen molar-refractivity contribution in [2.24, 2.45) is 12.0 Å². The molecule has 3 rings (SSSR count). The molecule has 0 aliphatic heterocycles. The van der Waals surface area contributed by atoms with Crippen molar-refractivity contribution in [2.45, 2.75) is 4.90 Å². The van der Waals surface area contributed by atoms with Crippen LogP contribution in [0.5, 0.6) is 0 Å². The van der Waals surface area contributed by atoms with Crippen molar-refractivity contribution in [3.05, 3.63) is 76.5 Å². The molecule has 3 aromatic rings. The van der Waals surface area contributed by atoms with Gasteiger partial charge in [0.15, 0.2) is 4.80 Å². The third-order valence-corrected chi connectivity index (χ3v) is 5.64. The Balaban J connectivity index is 1.82. The van der Waals surface area contributed by atoms with Crippen LogP contribution in [0.4, 0.5) is 5.69 Å². The smallest absolute Gasteiger partial charge is 0.279 e. The molecular formula is C17H15N3O3S2. The fourth-order valence-corrected chi connectivity index (χ4v) is 3.87. The number of benzene rings is 2. The second kappa shape index (κ2) is 7.04. The van der Waals surface area contributed by atoms with Gasteiger partial charge in [-0.25, -0.2) is 8.42 Å². The van der Waals surface area contributed by atoms with Crippen molar-refractivity contribution in [3.8, 4) is 0 Å². The zero-order valence-corrected chi connectivity index (χ0v) is 14.9. The average molecular weight is 373 g/mol. The zero-order chi connectivity index (χ0) is 17.9. The molecule has 0 aliphatic carbocycles. The summed E-state index contributed by atoms with van der Waals surface area (Å²) in [5.41, 5.74) is 0.801. The lowest BCUT2D eigenvalue weighted by Crippen LogP contribution is -2.14. The van der Waals surface area contributed by atoms with Crippen LogP contribution in [-0.4, -0.2) is 18.9 Å². The van der Waals surface area contributed by atoms with Crippen LogP contribution < -0.4 is 9.52 Å². The SMILES string of the molecule is Cn1ccsc1=NC(=O)c1ccc(S(=O)(=O)Nc2ccccc2)cc1. The topological polar surface area (TPSA) is 80.5 Å². The number of aryl methyl sites for hydroxylation is 1. The van der Waals surface area contributed by atoms with Gasteiger partial charge < -0.3 is 4.57 Å². The van der Waals surface area contributed by atoms with Crippen molar-refractivity contribution < 1.29 is 13.2 Å². The molecule has 0 saturated heterocycles. The van der Waals surface area contributed by atoms with E-state index in [1.165, 1.54) is 35.6 Å². The minimum Gasteiger partial charge on any atom is -0.327 e. The molecular weight excluding hydrogens is 358 g/mol. The number of amides is 1. The van der Waals surface area contributed by atoms with Gasteiger partial charge in [0.1, 0.15) is 0 Å². The van der Waals surface area contributed by atoms with Crippen molar-refractivity contribution >= 4 is 33.0 Å². The molecule has 8 heteroatoms. The van der Waals surface area contributed by atoms with Crippen LogP contribution in [0.2, 0.25) is 0 Å². The van der Waals surface area contributed by atoms with Gasteiger partial charge in [-0.3, -0.25) is 9.52 Å². The lowest BCUT2D eigenvalue weighted by molar-refractivity contribution is 0.0998. The number of para-hydroxylation sites is 1. The van der Waals surface area contributed by atoms with E-state index in [9.17, 15) is 13.2 Å². The molecule has 1 heterocycles. The molecule has 0 unspecified atom stereocenters. The van der Waals surface area contributed by atoms with E-state index in [0.717, 1.165) is 0 Å². The summed E-state index contributed by atoms with van der Waals surface area (Å²) in [5.74, 6) is -0.419. The van der Waals surface area contributed by atoms with Crippen LogP contribution in [0.1, 0.15) is 10.4 Å². The normalized spacial score (nSPS) is 12.1. The Morgan fingerprint density at radius 1 is 1.08 bits per heavy atom. The van der Waals surface area contributed by atoms with Crippen LogP contribution in [0.25, 0.3) is 0 Å². The first-order valence-corrected chi connectivity index (χ1v) is 9.69. The second-order valence-corrected chi connectivity index (χ2v) is 7.76. The molecule has 128 valence electrons. The maximum Gasteiger partial charge on any atom is 0.279 e. The standard InChI is InChI=1S/C17H15N3O3S2/c1-20-11-12-24-17(20)18-16(21)13-7-9-15(10-8-13)25(22,23)19-14-5-3-2-4-6-14/h2-12,19H,1H3. The number of anilines is 1. The number of carbonyl (C=O) groups is 1. The lowest BCUT2D eigenvalue weighted by atomic mass is 10.2. The molecule has 0 fully saturated rings. The number of hydrogen-bond acceptors (Lipinski definition) is 4. The van der Waals surface area contributed by atoms with Gasteiger partial charge in [-0.15, -0.1) is 11.3 Å². The highest BCUT2D eigenvalue weighted by Crippen LogP contribution is 2.16. The van der Waals surface area contributed by atoms with E-state index >= 15 is 0 Å². The Bertz CT molecular complexity index is 1050. The Kier molecular flexibility index (Phi) is 4.82.